The number of methoxy groups -OCH3 is 1. The Kier molecular flexibility index (Phi) is 4.35. The molecule has 1 aromatic heterocycles. The number of nitrogens with zero attached hydrogens (tertiary/aromatic N) is 1. The summed E-state index contributed by atoms with van der Waals surface area (Å²) in [6.45, 7) is 0. The lowest BCUT2D eigenvalue weighted by Gasteiger charge is -2.17. The van der Waals surface area contributed by atoms with Crippen molar-refractivity contribution in [2.75, 3.05) is 11.8 Å². The summed E-state index contributed by atoms with van der Waals surface area (Å²) in [6, 6.07) is 10.2. The Balaban J connectivity index is 1.67. The van der Waals surface area contributed by atoms with E-state index in [4.69, 9.17) is 4.74 Å². The molecule has 0 spiro atoms. The van der Waals surface area contributed by atoms with E-state index >= 15 is 0 Å². The van der Waals surface area contributed by atoms with Crippen LogP contribution in [-0.4, -0.2) is 31.7 Å². The van der Waals surface area contributed by atoms with Crippen LogP contribution in [0.3, 0.4) is 0 Å². The first-order chi connectivity index (χ1) is 13.0. The van der Waals surface area contributed by atoms with Gasteiger partial charge in [-0.2, -0.15) is 5.10 Å². The van der Waals surface area contributed by atoms with Crippen LogP contribution in [0.1, 0.15) is 34.5 Å². The van der Waals surface area contributed by atoms with Gasteiger partial charge in [0, 0.05) is 11.1 Å². The molecule has 27 heavy (non-hydrogen) atoms. The summed E-state index contributed by atoms with van der Waals surface area (Å²) in [5.41, 5.74) is 3.41. The van der Waals surface area contributed by atoms with Gasteiger partial charge in [-0.1, -0.05) is 6.07 Å². The van der Waals surface area contributed by atoms with Crippen molar-refractivity contribution in [1.29, 1.82) is 0 Å². The molecule has 2 aromatic carbocycles. The van der Waals surface area contributed by atoms with Gasteiger partial charge in [-0.15, -0.1) is 0 Å². The predicted molar refractivity (Wildman–Crippen MR) is 101 cm³/mol. The highest BCUT2D eigenvalue weighted by Crippen LogP contribution is 2.27. The van der Waals surface area contributed by atoms with Crippen molar-refractivity contribution in [3.05, 3.63) is 53.2 Å². The number of fused-ring (bicyclic) bond motifs is 2. The van der Waals surface area contributed by atoms with Gasteiger partial charge in [0.2, 0.25) is 0 Å². The third-order valence-corrected chi connectivity index (χ3v) is 6.20. The number of esters is 1. The highest BCUT2D eigenvalue weighted by atomic mass is 32.2. The van der Waals surface area contributed by atoms with Crippen LogP contribution in [0.25, 0.3) is 10.9 Å². The number of aromatic amines is 1. The van der Waals surface area contributed by atoms with Gasteiger partial charge in [0.1, 0.15) is 0 Å². The summed E-state index contributed by atoms with van der Waals surface area (Å²) >= 11 is 0. The number of carbonyl (C=O) groups excluding carboxylic acids is 1. The quantitative estimate of drug-likeness (QED) is 0.672. The molecule has 1 heterocycles. The number of aryl methyl sites for hydroxylation is 2. The van der Waals surface area contributed by atoms with Crippen LogP contribution in [0.4, 0.5) is 5.69 Å². The van der Waals surface area contributed by atoms with E-state index in [-0.39, 0.29) is 10.6 Å². The number of rotatable bonds is 4. The van der Waals surface area contributed by atoms with Crippen LogP contribution in [0.5, 0.6) is 0 Å². The summed E-state index contributed by atoms with van der Waals surface area (Å²) in [5.74, 6) is -0.587. The molecule has 0 unspecified atom stereocenters. The molecule has 0 amide bonds. The minimum absolute atomic E-state index is 0.113. The summed E-state index contributed by atoms with van der Waals surface area (Å²) in [4.78, 5) is 12.0. The molecule has 8 heteroatoms. The molecular weight excluding hydrogens is 366 g/mol. The second kappa shape index (κ2) is 6.70. The second-order valence-electron chi connectivity index (χ2n) is 6.57. The Morgan fingerprint density at radius 1 is 1.11 bits per heavy atom. The first-order valence-electron chi connectivity index (χ1n) is 8.69. The number of anilines is 1. The summed E-state index contributed by atoms with van der Waals surface area (Å²) in [6.07, 6.45) is 4.13. The molecule has 0 radical (unpaired) electrons. The van der Waals surface area contributed by atoms with Crippen LogP contribution in [0.2, 0.25) is 0 Å². The number of hydrogen-bond acceptors (Lipinski definition) is 5. The molecule has 1 aliphatic rings. The highest BCUT2D eigenvalue weighted by Gasteiger charge is 2.19. The molecular formula is C19H19N3O4S. The average molecular weight is 385 g/mol. The van der Waals surface area contributed by atoms with Crippen LogP contribution in [0.15, 0.2) is 41.3 Å². The van der Waals surface area contributed by atoms with E-state index in [9.17, 15) is 13.2 Å². The van der Waals surface area contributed by atoms with Gasteiger partial charge in [-0.05, 0) is 67.1 Å². The average Bonchev–Trinajstić information content (AvgIpc) is 3.10. The fourth-order valence-corrected chi connectivity index (χ4v) is 4.52. The van der Waals surface area contributed by atoms with Crippen LogP contribution in [-0.2, 0) is 27.6 Å². The van der Waals surface area contributed by atoms with E-state index in [1.165, 1.54) is 12.7 Å². The Bertz CT molecular complexity index is 1140. The second-order valence-corrected chi connectivity index (χ2v) is 8.25. The zero-order valence-corrected chi connectivity index (χ0v) is 15.6. The molecule has 4 rings (SSSR count). The topological polar surface area (TPSA) is 101 Å². The third kappa shape index (κ3) is 3.28. The molecule has 0 bridgehead atoms. The van der Waals surface area contributed by atoms with Gasteiger partial charge in [0.25, 0.3) is 10.0 Å². The van der Waals surface area contributed by atoms with Crippen LogP contribution < -0.4 is 4.72 Å². The lowest BCUT2D eigenvalue weighted by atomic mass is 9.92. The maximum atomic E-state index is 12.8. The number of H-pyrrole nitrogens is 1. The minimum Gasteiger partial charge on any atom is -0.464 e. The van der Waals surface area contributed by atoms with Gasteiger partial charge in [-0.25, -0.2) is 13.2 Å². The standard InChI is InChI=1S/C19H19N3O4S/c1-26-19(23)18-16-11-14(7-9-17(16)20-21-18)22-27(24,25)15-8-6-12-4-2-3-5-13(12)10-15/h6-11,22H,2-5H2,1H3,(H,20,21). The SMILES string of the molecule is COC(=O)c1n[nH]c2ccc(NS(=O)(=O)c3ccc4c(c3)CCCC4)cc12. The number of hydrogen-bond donors (Lipinski definition) is 2. The van der Waals surface area contributed by atoms with Crippen molar-refractivity contribution < 1.29 is 17.9 Å². The van der Waals surface area contributed by atoms with Crippen LogP contribution in [0, 0.1) is 0 Å². The molecule has 0 saturated heterocycles. The predicted octanol–water partition coefficient (Wildman–Crippen LogP) is 3.03. The van der Waals surface area contributed by atoms with E-state index in [0.717, 1.165) is 31.2 Å². The van der Waals surface area contributed by atoms with E-state index in [2.05, 4.69) is 14.9 Å². The number of sulfonamides is 1. The van der Waals surface area contributed by atoms with Crippen molar-refractivity contribution >= 4 is 32.6 Å². The number of carbonyl (C=O) groups is 1. The summed E-state index contributed by atoms with van der Waals surface area (Å²) in [7, 11) is -2.46. The smallest absolute Gasteiger partial charge is 0.359 e. The van der Waals surface area contributed by atoms with Gasteiger partial charge in [0.05, 0.1) is 17.5 Å². The third-order valence-electron chi connectivity index (χ3n) is 4.82. The fourth-order valence-electron chi connectivity index (χ4n) is 3.42. The van der Waals surface area contributed by atoms with Crippen molar-refractivity contribution in [3.63, 3.8) is 0 Å². The van der Waals surface area contributed by atoms with Gasteiger partial charge < -0.3 is 4.74 Å². The molecule has 3 aromatic rings. The summed E-state index contributed by atoms with van der Waals surface area (Å²) < 4.78 is 32.9. The highest BCUT2D eigenvalue weighted by molar-refractivity contribution is 7.92. The van der Waals surface area contributed by atoms with Gasteiger partial charge >= 0.3 is 5.97 Å². The number of nitrogens with one attached hydrogen (secondary N) is 2. The largest absolute Gasteiger partial charge is 0.464 e. The van der Waals surface area contributed by atoms with Crippen LogP contribution >= 0.6 is 0 Å². The molecule has 140 valence electrons. The lowest BCUT2D eigenvalue weighted by molar-refractivity contribution is 0.0596. The number of aromatic nitrogens is 2. The zero-order valence-electron chi connectivity index (χ0n) is 14.8. The van der Waals surface area contributed by atoms with Crippen molar-refractivity contribution in [3.8, 4) is 0 Å². The fraction of sp³-hybridized carbons (Fsp3) is 0.263. The maximum absolute atomic E-state index is 12.8. The van der Waals surface area contributed by atoms with E-state index in [0.29, 0.717) is 16.6 Å². The Morgan fingerprint density at radius 2 is 1.89 bits per heavy atom. The van der Waals surface area contributed by atoms with Crippen molar-refractivity contribution in [1.82, 2.24) is 10.2 Å². The van der Waals surface area contributed by atoms with E-state index in [1.807, 2.05) is 6.07 Å². The molecule has 0 saturated carbocycles. The minimum atomic E-state index is -3.73. The molecule has 1 aliphatic carbocycles. The molecule has 7 nitrogen and oxygen atoms in total. The normalized spacial score (nSPS) is 14.0. The molecule has 0 atom stereocenters. The Hall–Kier alpha value is -2.87. The van der Waals surface area contributed by atoms with Gasteiger partial charge in [0.15, 0.2) is 5.69 Å². The maximum Gasteiger partial charge on any atom is 0.359 e. The monoisotopic (exact) mass is 385 g/mol. The van der Waals surface area contributed by atoms with Crippen molar-refractivity contribution in [2.45, 2.75) is 30.6 Å². The van der Waals surface area contributed by atoms with Gasteiger partial charge in [-0.3, -0.25) is 9.82 Å². The summed E-state index contributed by atoms with van der Waals surface area (Å²) in [5, 5.41) is 7.16. The van der Waals surface area contributed by atoms with E-state index in [1.54, 1.807) is 30.3 Å². The Morgan fingerprint density at radius 3 is 2.67 bits per heavy atom. The number of ether oxygens (including phenoxy) is 1. The Labute approximate surface area is 156 Å². The lowest BCUT2D eigenvalue weighted by Crippen LogP contribution is -2.14. The molecule has 0 aliphatic heterocycles. The first-order valence-corrected chi connectivity index (χ1v) is 10.2. The first kappa shape index (κ1) is 17.5. The molecule has 2 N–H and O–H groups in total. The van der Waals surface area contributed by atoms with Crippen molar-refractivity contribution in [2.24, 2.45) is 0 Å². The zero-order chi connectivity index (χ0) is 19.0. The number of benzene rings is 2. The van der Waals surface area contributed by atoms with E-state index < -0.39 is 16.0 Å². The molecule has 0 fully saturated rings.